The second-order valence-corrected chi connectivity index (χ2v) is 3.76. The summed E-state index contributed by atoms with van der Waals surface area (Å²) in [6, 6.07) is 8.46. The third kappa shape index (κ3) is 3.27. The lowest BCUT2D eigenvalue weighted by molar-refractivity contribution is -0.157. The van der Waals surface area contributed by atoms with Crippen molar-refractivity contribution in [3.8, 4) is 6.07 Å². The molecule has 90 valence electrons. The van der Waals surface area contributed by atoms with Crippen molar-refractivity contribution >= 4 is 17.4 Å². The van der Waals surface area contributed by atoms with Gasteiger partial charge in [-0.3, -0.25) is 4.79 Å². The monoisotopic (exact) mass is 253 g/mol. The first-order valence-corrected chi connectivity index (χ1v) is 5.26. The number of ether oxygens (including phenoxy) is 2. The normalized spacial score (nSPS) is 12.2. The van der Waals surface area contributed by atoms with Crippen molar-refractivity contribution in [2.75, 3.05) is 14.2 Å². The number of carbonyl (C=O) groups excluding carboxylic acids is 1. The van der Waals surface area contributed by atoms with Crippen molar-refractivity contribution in [1.29, 1.82) is 5.26 Å². The summed E-state index contributed by atoms with van der Waals surface area (Å²) < 4.78 is 9.68. The Morgan fingerprint density at radius 1 is 1.29 bits per heavy atom. The van der Waals surface area contributed by atoms with E-state index in [0.717, 1.165) is 0 Å². The highest BCUT2D eigenvalue weighted by atomic mass is 35.5. The molecule has 0 saturated heterocycles. The molecule has 0 fully saturated rings. The van der Waals surface area contributed by atoms with Crippen LogP contribution in [0.5, 0.6) is 0 Å². The van der Waals surface area contributed by atoms with E-state index in [-0.39, 0.29) is 0 Å². The van der Waals surface area contributed by atoms with Gasteiger partial charge in [-0.2, -0.15) is 5.26 Å². The van der Waals surface area contributed by atoms with Crippen LogP contribution in [-0.2, 0) is 14.3 Å². The third-order valence-electron chi connectivity index (χ3n) is 2.28. The molecule has 0 N–H and O–H groups in total. The number of nitriles is 1. The van der Waals surface area contributed by atoms with Crippen LogP contribution in [-0.4, -0.2) is 26.3 Å². The molecule has 1 rings (SSSR count). The molecular formula is C12H12ClNO3. The van der Waals surface area contributed by atoms with Gasteiger partial charge >= 0.3 is 0 Å². The number of carbonyl (C=O) groups is 1. The number of rotatable bonds is 5. The van der Waals surface area contributed by atoms with Gasteiger partial charge in [0.05, 0.1) is 6.07 Å². The van der Waals surface area contributed by atoms with Gasteiger partial charge in [-0.15, -0.1) is 0 Å². The number of Topliss-reactive ketones (excluding diaryl/α,β-unsaturated/α-hetero) is 1. The van der Waals surface area contributed by atoms with Gasteiger partial charge in [-0.1, -0.05) is 23.7 Å². The van der Waals surface area contributed by atoms with Crippen molar-refractivity contribution in [3.63, 3.8) is 0 Å². The molecule has 0 heterocycles. The number of hydrogen-bond donors (Lipinski definition) is 0. The first-order chi connectivity index (χ1) is 8.13. The van der Waals surface area contributed by atoms with Crippen LogP contribution in [0.15, 0.2) is 24.3 Å². The molecule has 5 heteroatoms. The molecule has 17 heavy (non-hydrogen) atoms. The fourth-order valence-electron chi connectivity index (χ4n) is 1.42. The standard InChI is InChI=1S/C12H12ClNO3/c1-16-12(17-2)11(15)10(7-14)8-3-5-9(13)6-4-8/h3-6,10,12H,1-2H3. The Hall–Kier alpha value is -1.41. The van der Waals surface area contributed by atoms with E-state index in [9.17, 15) is 4.79 Å². The Morgan fingerprint density at radius 3 is 2.24 bits per heavy atom. The number of ketones is 1. The van der Waals surface area contributed by atoms with Gasteiger partial charge in [-0.25, -0.2) is 0 Å². The van der Waals surface area contributed by atoms with E-state index < -0.39 is 18.0 Å². The van der Waals surface area contributed by atoms with Crippen LogP contribution < -0.4 is 0 Å². The molecule has 0 saturated carbocycles. The average Bonchev–Trinajstić information content (AvgIpc) is 2.34. The molecule has 1 aromatic carbocycles. The molecule has 0 radical (unpaired) electrons. The molecule has 0 spiro atoms. The second-order valence-electron chi connectivity index (χ2n) is 3.32. The van der Waals surface area contributed by atoms with Crippen LogP contribution in [0, 0.1) is 11.3 Å². The first kappa shape index (κ1) is 13.7. The van der Waals surface area contributed by atoms with Crippen molar-refractivity contribution < 1.29 is 14.3 Å². The zero-order chi connectivity index (χ0) is 12.8. The van der Waals surface area contributed by atoms with Crippen LogP contribution in [0.4, 0.5) is 0 Å². The fourth-order valence-corrected chi connectivity index (χ4v) is 1.55. The lowest BCUT2D eigenvalue weighted by atomic mass is 9.96. The predicted octanol–water partition coefficient (Wildman–Crippen LogP) is 2.14. The highest BCUT2D eigenvalue weighted by Gasteiger charge is 2.28. The van der Waals surface area contributed by atoms with Crippen molar-refractivity contribution in [3.05, 3.63) is 34.9 Å². The Morgan fingerprint density at radius 2 is 1.82 bits per heavy atom. The van der Waals surface area contributed by atoms with Crippen LogP contribution >= 0.6 is 11.6 Å². The zero-order valence-corrected chi connectivity index (χ0v) is 10.3. The minimum absolute atomic E-state index is 0.431. The minimum Gasteiger partial charge on any atom is -0.349 e. The maximum atomic E-state index is 11.9. The number of methoxy groups -OCH3 is 2. The van der Waals surface area contributed by atoms with Gasteiger partial charge in [0, 0.05) is 19.2 Å². The summed E-state index contributed by atoms with van der Waals surface area (Å²) in [4.78, 5) is 11.9. The van der Waals surface area contributed by atoms with Crippen molar-refractivity contribution in [2.45, 2.75) is 12.2 Å². The summed E-state index contributed by atoms with van der Waals surface area (Å²) in [5.74, 6) is -1.35. The summed E-state index contributed by atoms with van der Waals surface area (Å²) in [5.41, 5.74) is 0.570. The summed E-state index contributed by atoms with van der Waals surface area (Å²) >= 11 is 5.74. The van der Waals surface area contributed by atoms with Crippen LogP contribution in [0.1, 0.15) is 11.5 Å². The number of halogens is 1. The molecule has 0 aliphatic carbocycles. The molecule has 1 aromatic rings. The van der Waals surface area contributed by atoms with Crippen LogP contribution in [0.25, 0.3) is 0 Å². The molecular weight excluding hydrogens is 242 g/mol. The van der Waals surface area contributed by atoms with E-state index >= 15 is 0 Å². The lowest BCUT2D eigenvalue weighted by Crippen LogP contribution is -2.29. The SMILES string of the molecule is COC(OC)C(=O)C(C#N)c1ccc(Cl)cc1. The molecule has 0 aliphatic rings. The quantitative estimate of drug-likeness (QED) is 0.755. The predicted molar refractivity (Wildman–Crippen MR) is 62.6 cm³/mol. The maximum absolute atomic E-state index is 11.9. The molecule has 1 unspecified atom stereocenters. The van der Waals surface area contributed by atoms with Gasteiger partial charge in [0.25, 0.3) is 0 Å². The Labute approximate surface area is 105 Å². The third-order valence-corrected chi connectivity index (χ3v) is 2.53. The highest BCUT2D eigenvalue weighted by Crippen LogP contribution is 2.21. The summed E-state index contributed by atoms with van der Waals surface area (Å²) in [6.07, 6.45) is -1.03. The number of benzene rings is 1. The van der Waals surface area contributed by atoms with E-state index in [1.54, 1.807) is 24.3 Å². The lowest BCUT2D eigenvalue weighted by Gasteiger charge is -2.15. The minimum atomic E-state index is -1.03. The van der Waals surface area contributed by atoms with Crippen molar-refractivity contribution in [1.82, 2.24) is 0 Å². The molecule has 4 nitrogen and oxygen atoms in total. The van der Waals surface area contributed by atoms with Crippen LogP contribution in [0.2, 0.25) is 5.02 Å². The molecule has 1 atom stereocenters. The van der Waals surface area contributed by atoms with Gasteiger partial charge < -0.3 is 9.47 Å². The topological polar surface area (TPSA) is 59.3 Å². The van der Waals surface area contributed by atoms with Gasteiger partial charge in [0.2, 0.25) is 12.1 Å². The second kappa shape index (κ2) is 6.36. The van der Waals surface area contributed by atoms with Crippen molar-refractivity contribution in [2.24, 2.45) is 0 Å². The Balaban J connectivity index is 2.96. The van der Waals surface area contributed by atoms with E-state index in [1.165, 1.54) is 14.2 Å². The first-order valence-electron chi connectivity index (χ1n) is 4.88. The average molecular weight is 254 g/mol. The van der Waals surface area contributed by atoms with E-state index in [0.29, 0.717) is 10.6 Å². The molecule has 0 aromatic heterocycles. The number of hydrogen-bond acceptors (Lipinski definition) is 4. The van der Waals surface area contributed by atoms with Gasteiger partial charge in [-0.05, 0) is 17.7 Å². The fraction of sp³-hybridized carbons (Fsp3) is 0.333. The summed E-state index contributed by atoms with van der Waals surface area (Å²) in [5, 5.41) is 9.59. The smallest absolute Gasteiger partial charge is 0.219 e. The number of nitrogens with zero attached hydrogens (tertiary/aromatic N) is 1. The zero-order valence-electron chi connectivity index (χ0n) is 9.51. The molecule has 0 bridgehead atoms. The highest BCUT2D eigenvalue weighted by molar-refractivity contribution is 6.30. The molecule has 0 aliphatic heterocycles. The maximum Gasteiger partial charge on any atom is 0.219 e. The summed E-state index contributed by atoms with van der Waals surface area (Å²) in [7, 11) is 2.70. The Kier molecular flexibility index (Phi) is 5.11. The Bertz CT molecular complexity index is 420. The van der Waals surface area contributed by atoms with Crippen LogP contribution in [0.3, 0.4) is 0 Å². The molecule has 0 amide bonds. The van der Waals surface area contributed by atoms with E-state index in [2.05, 4.69) is 0 Å². The van der Waals surface area contributed by atoms with Gasteiger partial charge in [0.15, 0.2) is 0 Å². The van der Waals surface area contributed by atoms with E-state index in [1.807, 2.05) is 6.07 Å². The summed E-state index contributed by atoms with van der Waals surface area (Å²) in [6.45, 7) is 0. The van der Waals surface area contributed by atoms with Gasteiger partial charge in [0.1, 0.15) is 5.92 Å². The van der Waals surface area contributed by atoms with E-state index in [4.69, 9.17) is 26.3 Å². The largest absolute Gasteiger partial charge is 0.349 e.